The Bertz CT molecular complexity index is 954. The van der Waals surface area contributed by atoms with Crippen molar-refractivity contribution in [1.82, 2.24) is 16.1 Å². The topological polar surface area (TPSA) is 91.8 Å². The zero-order valence-corrected chi connectivity index (χ0v) is 16.1. The molecule has 8 heteroatoms. The predicted octanol–water partition coefficient (Wildman–Crippen LogP) is 3.13. The molecule has 3 amide bonds. The summed E-state index contributed by atoms with van der Waals surface area (Å²) >= 11 is 6.07. The zero-order valence-electron chi connectivity index (χ0n) is 15.3. The molecule has 0 aromatic heterocycles. The van der Waals surface area contributed by atoms with E-state index in [1.165, 1.54) is 6.21 Å². The number of hydrogen-bond donors (Lipinski definition) is 3. The van der Waals surface area contributed by atoms with E-state index in [1.54, 1.807) is 50.4 Å². The zero-order chi connectivity index (χ0) is 20.1. The van der Waals surface area contributed by atoms with Gasteiger partial charge in [-0.3, -0.25) is 4.79 Å². The second-order valence-corrected chi connectivity index (χ2v) is 6.47. The summed E-state index contributed by atoms with van der Waals surface area (Å²) in [6.07, 6.45) is 1.47. The number of urea groups is 1. The fourth-order valence-electron chi connectivity index (χ4n) is 2.84. The summed E-state index contributed by atoms with van der Waals surface area (Å²) in [7, 11) is 1.57. The van der Waals surface area contributed by atoms with E-state index in [-0.39, 0.29) is 6.03 Å². The van der Waals surface area contributed by atoms with Gasteiger partial charge in [-0.1, -0.05) is 41.9 Å². The van der Waals surface area contributed by atoms with Crippen molar-refractivity contribution < 1.29 is 14.3 Å². The monoisotopic (exact) mass is 398 g/mol. The summed E-state index contributed by atoms with van der Waals surface area (Å²) in [5, 5.41) is 9.90. The molecule has 1 heterocycles. The van der Waals surface area contributed by atoms with Gasteiger partial charge in [-0.05, 0) is 30.7 Å². The van der Waals surface area contributed by atoms with Crippen LogP contribution in [-0.2, 0) is 4.79 Å². The van der Waals surface area contributed by atoms with E-state index in [1.807, 2.05) is 12.1 Å². The van der Waals surface area contributed by atoms with Crippen molar-refractivity contribution in [1.29, 1.82) is 0 Å². The highest BCUT2D eigenvalue weighted by atomic mass is 35.5. The maximum atomic E-state index is 12.8. The third-order valence-electron chi connectivity index (χ3n) is 4.24. The molecule has 2 aromatic rings. The standard InChI is InChI=1S/C20H19ClN4O3/c1-12-17(19(26)25-22-11-14-5-3-4-6-16(14)21)18(24-20(27)23-12)13-7-9-15(28-2)10-8-13/h3-11,18H,1-2H3,(H,25,26)(H2,23,24,27)/t18-/m1/s1. The Morgan fingerprint density at radius 1 is 1.21 bits per heavy atom. The summed E-state index contributed by atoms with van der Waals surface area (Å²) in [4.78, 5) is 24.7. The molecule has 2 aromatic carbocycles. The van der Waals surface area contributed by atoms with E-state index in [9.17, 15) is 9.59 Å². The summed E-state index contributed by atoms with van der Waals surface area (Å²) < 4.78 is 5.16. The Balaban J connectivity index is 1.83. The summed E-state index contributed by atoms with van der Waals surface area (Å²) in [5.74, 6) is 0.245. The largest absolute Gasteiger partial charge is 0.497 e. The lowest BCUT2D eigenvalue weighted by Gasteiger charge is -2.28. The number of ether oxygens (including phenoxy) is 1. The van der Waals surface area contributed by atoms with Gasteiger partial charge in [-0.15, -0.1) is 0 Å². The van der Waals surface area contributed by atoms with Crippen LogP contribution in [0.2, 0.25) is 5.02 Å². The molecule has 0 spiro atoms. The van der Waals surface area contributed by atoms with Crippen molar-refractivity contribution in [2.24, 2.45) is 5.10 Å². The molecule has 1 atom stereocenters. The van der Waals surface area contributed by atoms with Gasteiger partial charge in [0.25, 0.3) is 5.91 Å². The van der Waals surface area contributed by atoms with Gasteiger partial charge in [-0.2, -0.15) is 5.10 Å². The molecule has 0 radical (unpaired) electrons. The van der Waals surface area contributed by atoms with Crippen LogP contribution in [0.15, 0.2) is 64.9 Å². The lowest BCUT2D eigenvalue weighted by atomic mass is 9.95. The maximum absolute atomic E-state index is 12.8. The number of amides is 3. The van der Waals surface area contributed by atoms with E-state index < -0.39 is 11.9 Å². The van der Waals surface area contributed by atoms with E-state index in [0.717, 1.165) is 5.56 Å². The lowest BCUT2D eigenvalue weighted by molar-refractivity contribution is -0.117. The number of allylic oxidation sites excluding steroid dienone is 1. The van der Waals surface area contributed by atoms with Crippen molar-refractivity contribution in [3.8, 4) is 5.75 Å². The Hall–Kier alpha value is -3.32. The van der Waals surface area contributed by atoms with Crippen LogP contribution < -0.4 is 20.8 Å². The number of hydrogen-bond acceptors (Lipinski definition) is 4. The minimum absolute atomic E-state index is 0.362. The number of nitrogens with zero attached hydrogens (tertiary/aromatic N) is 1. The minimum atomic E-state index is -0.616. The quantitative estimate of drug-likeness (QED) is 0.533. The van der Waals surface area contributed by atoms with Crippen molar-refractivity contribution in [2.45, 2.75) is 13.0 Å². The second kappa shape index (κ2) is 8.58. The third-order valence-corrected chi connectivity index (χ3v) is 4.58. The average molecular weight is 399 g/mol. The highest BCUT2D eigenvalue weighted by Gasteiger charge is 2.31. The Morgan fingerprint density at radius 3 is 2.61 bits per heavy atom. The maximum Gasteiger partial charge on any atom is 0.319 e. The molecule has 0 unspecified atom stereocenters. The Kier molecular flexibility index (Phi) is 5.96. The number of carbonyl (C=O) groups excluding carboxylic acids is 2. The molecule has 0 fully saturated rings. The van der Waals surface area contributed by atoms with Gasteiger partial charge in [0.2, 0.25) is 0 Å². The Labute approximate surface area is 167 Å². The molecular formula is C20H19ClN4O3. The predicted molar refractivity (Wildman–Crippen MR) is 107 cm³/mol. The molecule has 0 bridgehead atoms. The van der Waals surface area contributed by atoms with E-state index >= 15 is 0 Å². The molecular weight excluding hydrogens is 380 g/mol. The van der Waals surface area contributed by atoms with Crippen LogP contribution in [0.25, 0.3) is 0 Å². The van der Waals surface area contributed by atoms with Crippen molar-refractivity contribution in [3.05, 3.63) is 76.0 Å². The fraction of sp³-hybridized carbons (Fsp3) is 0.150. The summed E-state index contributed by atoms with van der Waals surface area (Å²) in [6.45, 7) is 1.67. The van der Waals surface area contributed by atoms with Crippen LogP contribution in [0, 0.1) is 0 Å². The summed E-state index contributed by atoms with van der Waals surface area (Å²) in [6, 6.07) is 13.3. The van der Waals surface area contributed by atoms with Crippen molar-refractivity contribution >= 4 is 29.8 Å². The van der Waals surface area contributed by atoms with Crippen LogP contribution in [0.5, 0.6) is 5.75 Å². The van der Waals surface area contributed by atoms with Gasteiger partial charge in [0, 0.05) is 16.3 Å². The van der Waals surface area contributed by atoms with Crippen LogP contribution in [0.1, 0.15) is 24.1 Å². The number of hydrazone groups is 1. The Morgan fingerprint density at radius 2 is 1.93 bits per heavy atom. The first-order valence-corrected chi connectivity index (χ1v) is 8.87. The highest BCUT2D eigenvalue weighted by Crippen LogP contribution is 2.28. The number of carbonyl (C=O) groups is 2. The molecule has 0 aliphatic carbocycles. The van der Waals surface area contributed by atoms with Gasteiger partial charge in [-0.25, -0.2) is 10.2 Å². The number of nitrogens with one attached hydrogen (secondary N) is 3. The van der Waals surface area contributed by atoms with Gasteiger partial charge >= 0.3 is 6.03 Å². The molecule has 0 saturated carbocycles. The van der Waals surface area contributed by atoms with Gasteiger partial charge in [0.15, 0.2) is 0 Å². The molecule has 1 aliphatic rings. The molecule has 3 rings (SSSR count). The first-order valence-electron chi connectivity index (χ1n) is 8.49. The summed E-state index contributed by atoms with van der Waals surface area (Å²) in [5.41, 5.74) is 4.73. The van der Waals surface area contributed by atoms with Crippen LogP contribution in [0.3, 0.4) is 0 Å². The van der Waals surface area contributed by atoms with E-state index in [2.05, 4.69) is 21.2 Å². The molecule has 3 N–H and O–H groups in total. The first-order chi connectivity index (χ1) is 13.5. The van der Waals surface area contributed by atoms with Crippen LogP contribution in [-0.4, -0.2) is 25.3 Å². The average Bonchev–Trinajstić information content (AvgIpc) is 2.69. The lowest BCUT2D eigenvalue weighted by Crippen LogP contribution is -2.46. The first kappa shape index (κ1) is 19.4. The SMILES string of the molecule is COc1ccc([C@H]2NC(=O)NC(C)=C2C(=O)NN=Cc2ccccc2Cl)cc1. The van der Waals surface area contributed by atoms with Gasteiger partial charge < -0.3 is 15.4 Å². The number of rotatable bonds is 5. The molecule has 0 saturated heterocycles. The number of benzene rings is 2. The number of methoxy groups -OCH3 is 1. The smallest absolute Gasteiger partial charge is 0.319 e. The van der Waals surface area contributed by atoms with Crippen molar-refractivity contribution in [3.63, 3.8) is 0 Å². The van der Waals surface area contributed by atoms with Crippen LogP contribution in [0.4, 0.5) is 4.79 Å². The number of halogens is 1. The fourth-order valence-corrected chi connectivity index (χ4v) is 3.03. The molecule has 144 valence electrons. The third kappa shape index (κ3) is 4.32. The highest BCUT2D eigenvalue weighted by molar-refractivity contribution is 6.33. The van der Waals surface area contributed by atoms with E-state index in [4.69, 9.17) is 16.3 Å². The molecule has 28 heavy (non-hydrogen) atoms. The minimum Gasteiger partial charge on any atom is -0.497 e. The molecule has 1 aliphatic heterocycles. The van der Waals surface area contributed by atoms with E-state index in [0.29, 0.717) is 27.6 Å². The molecule has 7 nitrogen and oxygen atoms in total. The van der Waals surface area contributed by atoms with Crippen LogP contribution >= 0.6 is 11.6 Å². The second-order valence-electron chi connectivity index (χ2n) is 6.06. The van der Waals surface area contributed by atoms with Gasteiger partial charge in [0.1, 0.15) is 5.75 Å². The van der Waals surface area contributed by atoms with Gasteiger partial charge in [0.05, 0.1) is 24.9 Å². The normalized spacial score (nSPS) is 16.5. The van der Waals surface area contributed by atoms with Crippen molar-refractivity contribution in [2.75, 3.05) is 7.11 Å².